The number of rotatable bonds is 5. The van der Waals surface area contributed by atoms with Crippen LogP contribution in [0.4, 0.5) is 0 Å². The molecule has 1 unspecified atom stereocenters. The molecule has 0 aliphatic heterocycles. The van der Waals surface area contributed by atoms with Crippen molar-refractivity contribution in [1.29, 1.82) is 0 Å². The van der Waals surface area contributed by atoms with E-state index in [0.717, 1.165) is 0 Å². The predicted octanol–water partition coefficient (Wildman–Crippen LogP) is 5.88. The average molecular weight is 323 g/mol. The van der Waals surface area contributed by atoms with E-state index in [1.54, 1.807) is 0 Å². The Bertz CT molecular complexity index is 484. The highest BCUT2D eigenvalue weighted by Gasteiger charge is 2.11. The summed E-state index contributed by atoms with van der Waals surface area (Å²) in [4.78, 5) is 3.08. The van der Waals surface area contributed by atoms with E-state index in [9.17, 15) is 0 Å². The number of unbranched alkanes of at least 4 members (excludes halogenated alkanes) is 1. The average Bonchev–Trinajstić information content (AvgIpc) is 2.83. The Labute approximate surface area is 122 Å². The van der Waals surface area contributed by atoms with Gasteiger partial charge in [0.05, 0.1) is 4.83 Å². The van der Waals surface area contributed by atoms with Crippen LogP contribution in [-0.2, 0) is 6.42 Å². The molecule has 0 N–H and O–H groups in total. The zero-order valence-corrected chi connectivity index (χ0v) is 13.4. The first kappa shape index (κ1) is 13.8. The molecular formula is C16H19BrS. The van der Waals surface area contributed by atoms with Crippen LogP contribution in [0.2, 0.25) is 0 Å². The lowest BCUT2D eigenvalue weighted by atomic mass is 10.0. The zero-order chi connectivity index (χ0) is 13.0. The summed E-state index contributed by atoms with van der Waals surface area (Å²) in [5.74, 6) is 0. The number of hydrogen-bond acceptors (Lipinski definition) is 1. The molecule has 0 bridgehead atoms. The first-order valence-electron chi connectivity index (χ1n) is 6.50. The quantitative estimate of drug-likeness (QED) is 0.602. The van der Waals surface area contributed by atoms with E-state index in [1.807, 2.05) is 11.3 Å². The molecule has 0 aliphatic rings. The summed E-state index contributed by atoms with van der Waals surface area (Å²) in [7, 11) is 0. The van der Waals surface area contributed by atoms with Crippen molar-refractivity contribution in [3.05, 3.63) is 57.3 Å². The summed E-state index contributed by atoms with van der Waals surface area (Å²) in [5.41, 5.74) is 2.79. The van der Waals surface area contributed by atoms with Crippen LogP contribution < -0.4 is 0 Å². The smallest absolute Gasteiger partial charge is 0.0738 e. The third-order valence-electron chi connectivity index (χ3n) is 3.10. The summed E-state index contributed by atoms with van der Waals surface area (Å²) < 4.78 is 0. The molecule has 0 spiro atoms. The van der Waals surface area contributed by atoms with Crippen LogP contribution in [0.3, 0.4) is 0 Å². The lowest BCUT2D eigenvalue weighted by molar-refractivity contribution is 0.795. The molecule has 2 heteroatoms. The van der Waals surface area contributed by atoms with E-state index in [2.05, 4.69) is 66.2 Å². The second-order valence-corrected chi connectivity index (χ2v) is 6.89. The van der Waals surface area contributed by atoms with Gasteiger partial charge in [-0.25, -0.2) is 0 Å². The van der Waals surface area contributed by atoms with E-state index in [1.165, 1.54) is 40.1 Å². The van der Waals surface area contributed by atoms with Gasteiger partial charge in [-0.3, -0.25) is 0 Å². The second-order valence-electron chi connectivity index (χ2n) is 4.66. The Balaban J connectivity index is 2.09. The fourth-order valence-corrected chi connectivity index (χ4v) is 3.61. The van der Waals surface area contributed by atoms with Gasteiger partial charge in [-0.1, -0.05) is 53.5 Å². The van der Waals surface area contributed by atoms with Crippen molar-refractivity contribution in [2.75, 3.05) is 0 Å². The standard InChI is InChI=1S/C16H19BrS/c1-3-4-5-13-7-9-14(10-8-13)16(17)15-11-6-12(2)18-15/h6-11,16H,3-5H2,1-2H3. The summed E-state index contributed by atoms with van der Waals surface area (Å²) >= 11 is 5.66. The van der Waals surface area contributed by atoms with Crippen molar-refractivity contribution >= 4 is 27.3 Å². The van der Waals surface area contributed by atoms with E-state index in [4.69, 9.17) is 0 Å². The van der Waals surface area contributed by atoms with Crippen molar-refractivity contribution in [2.45, 2.75) is 37.9 Å². The molecule has 96 valence electrons. The van der Waals surface area contributed by atoms with E-state index >= 15 is 0 Å². The third-order valence-corrected chi connectivity index (χ3v) is 5.49. The van der Waals surface area contributed by atoms with Crippen LogP contribution in [0.1, 0.15) is 45.5 Å². The van der Waals surface area contributed by atoms with Gasteiger partial charge in [-0.15, -0.1) is 11.3 Å². The van der Waals surface area contributed by atoms with Crippen molar-refractivity contribution in [1.82, 2.24) is 0 Å². The van der Waals surface area contributed by atoms with Gasteiger partial charge in [0, 0.05) is 9.75 Å². The van der Waals surface area contributed by atoms with E-state index in [-0.39, 0.29) is 0 Å². The molecule has 0 radical (unpaired) electrons. The monoisotopic (exact) mass is 322 g/mol. The number of halogens is 1. The SMILES string of the molecule is CCCCc1ccc(C(Br)c2ccc(C)s2)cc1. The van der Waals surface area contributed by atoms with Gasteiger partial charge >= 0.3 is 0 Å². The highest BCUT2D eigenvalue weighted by molar-refractivity contribution is 9.09. The molecule has 1 heterocycles. The molecule has 0 fully saturated rings. The molecule has 0 amide bonds. The molecule has 0 saturated heterocycles. The first-order valence-corrected chi connectivity index (χ1v) is 8.23. The molecule has 0 aliphatic carbocycles. The van der Waals surface area contributed by atoms with Crippen LogP contribution in [0.25, 0.3) is 0 Å². The van der Waals surface area contributed by atoms with Gasteiger partial charge < -0.3 is 0 Å². The van der Waals surface area contributed by atoms with Gasteiger partial charge in [-0.2, -0.15) is 0 Å². The summed E-state index contributed by atoms with van der Waals surface area (Å²) in [6, 6.07) is 13.4. The minimum atomic E-state index is 0.330. The number of alkyl halides is 1. The molecule has 0 saturated carbocycles. The molecule has 1 atom stereocenters. The van der Waals surface area contributed by atoms with Crippen LogP contribution in [0.5, 0.6) is 0 Å². The summed E-state index contributed by atoms with van der Waals surface area (Å²) in [6.07, 6.45) is 3.74. The van der Waals surface area contributed by atoms with Crippen molar-refractivity contribution in [3.8, 4) is 0 Å². The number of benzene rings is 1. The second kappa shape index (κ2) is 6.53. The summed E-state index contributed by atoms with van der Waals surface area (Å²) in [6.45, 7) is 4.39. The van der Waals surface area contributed by atoms with E-state index < -0.39 is 0 Å². The largest absolute Gasteiger partial charge is 0.144 e. The van der Waals surface area contributed by atoms with E-state index in [0.29, 0.717) is 4.83 Å². The highest BCUT2D eigenvalue weighted by atomic mass is 79.9. The Morgan fingerprint density at radius 1 is 1.11 bits per heavy atom. The minimum Gasteiger partial charge on any atom is -0.144 e. The molecule has 18 heavy (non-hydrogen) atoms. The lowest BCUT2D eigenvalue weighted by Crippen LogP contribution is -1.91. The van der Waals surface area contributed by atoms with Gasteiger partial charge in [0.25, 0.3) is 0 Å². The van der Waals surface area contributed by atoms with Crippen molar-refractivity contribution in [3.63, 3.8) is 0 Å². The maximum Gasteiger partial charge on any atom is 0.0738 e. The van der Waals surface area contributed by atoms with Crippen molar-refractivity contribution < 1.29 is 0 Å². The van der Waals surface area contributed by atoms with Gasteiger partial charge in [0.1, 0.15) is 0 Å². The fourth-order valence-electron chi connectivity index (χ4n) is 1.99. The van der Waals surface area contributed by atoms with Gasteiger partial charge in [-0.05, 0) is 43.0 Å². The Hall–Kier alpha value is -0.600. The number of aryl methyl sites for hydroxylation is 2. The van der Waals surface area contributed by atoms with Crippen LogP contribution >= 0.6 is 27.3 Å². The van der Waals surface area contributed by atoms with Crippen LogP contribution in [-0.4, -0.2) is 0 Å². The Morgan fingerprint density at radius 3 is 2.39 bits per heavy atom. The molecule has 2 aromatic rings. The Kier molecular flexibility index (Phi) is 5.02. The van der Waals surface area contributed by atoms with Gasteiger partial charge in [0.15, 0.2) is 0 Å². The first-order chi connectivity index (χ1) is 8.70. The molecular weight excluding hydrogens is 304 g/mol. The van der Waals surface area contributed by atoms with Crippen LogP contribution in [0, 0.1) is 6.92 Å². The molecule has 1 aromatic carbocycles. The maximum atomic E-state index is 3.80. The minimum absolute atomic E-state index is 0.330. The van der Waals surface area contributed by atoms with Crippen LogP contribution in [0.15, 0.2) is 36.4 Å². The number of thiophene rings is 1. The van der Waals surface area contributed by atoms with Crippen molar-refractivity contribution in [2.24, 2.45) is 0 Å². The zero-order valence-electron chi connectivity index (χ0n) is 10.9. The molecule has 1 aromatic heterocycles. The molecule has 2 rings (SSSR count). The fraction of sp³-hybridized carbons (Fsp3) is 0.375. The maximum absolute atomic E-state index is 3.80. The predicted molar refractivity (Wildman–Crippen MR) is 84.9 cm³/mol. The topological polar surface area (TPSA) is 0 Å². The highest BCUT2D eigenvalue weighted by Crippen LogP contribution is 2.35. The Morgan fingerprint density at radius 2 is 1.83 bits per heavy atom. The molecule has 0 nitrogen and oxygen atoms in total. The normalized spacial score (nSPS) is 12.6. The number of hydrogen-bond donors (Lipinski definition) is 0. The summed E-state index contributed by atoms with van der Waals surface area (Å²) in [5, 5.41) is 0. The van der Waals surface area contributed by atoms with Gasteiger partial charge in [0.2, 0.25) is 0 Å². The lowest BCUT2D eigenvalue weighted by Gasteiger charge is -2.09. The third kappa shape index (κ3) is 3.46.